The maximum atomic E-state index is 5.68. The molecular formula is C18H24N2O. The van der Waals surface area contributed by atoms with Crippen LogP contribution in [0.3, 0.4) is 0 Å². The lowest BCUT2D eigenvalue weighted by Crippen LogP contribution is -2.17. The van der Waals surface area contributed by atoms with Crippen LogP contribution >= 0.6 is 0 Å². The van der Waals surface area contributed by atoms with Crippen molar-refractivity contribution < 1.29 is 4.74 Å². The number of nitrogens with one attached hydrogen (secondary N) is 1. The highest BCUT2D eigenvalue weighted by Gasteiger charge is 2.09. The van der Waals surface area contributed by atoms with Gasteiger partial charge in [0.05, 0.1) is 6.10 Å². The first-order valence-electron chi connectivity index (χ1n) is 7.52. The zero-order valence-electron chi connectivity index (χ0n) is 13.0. The molecule has 1 aromatic carbocycles. The van der Waals surface area contributed by atoms with Gasteiger partial charge in [0.25, 0.3) is 0 Å². The van der Waals surface area contributed by atoms with Crippen molar-refractivity contribution >= 4 is 0 Å². The number of aromatic nitrogens is 1. The Bertz CT molecular complexity index is 523. The van der Waals surface area contributed by atoms with Crippen LogP contribution in [0.1, 0.15) is 37.4 Å². The lowest BCUT2D eigenvalue weighted by atomic mass is 9.99. The molecule has 3 heteroatoms. The summed E-state index contributed by atoms with van der Waals surface area (Å²) in [6, 6.07) is 12.9. The maximum absolute atomic E-state index is 5.68. The largest absolute Gasteiger partial charge is 0.491 e. The molecule has 21 heavy (non-hydrogen) atoms. The molecule has 0 aliphatic carbocycles. The fourth-order valence-corrected chi connectivity index (χ4v) is 2.39. The second-order valence-electron chi connectivity index (χ2n) is 5.47. The van der Waals surface area contributed by atoms with Gasteiger partial charge in [0.2, 0.25) is 0 Å². The summed E-state index contributed by atoms with van der Waals surface area (Å²) >= 11 is 0. The Morgan fingerprint density at radius 3 is 2.29 bits per heavy atom. The summed E-state index contributed by atoms with van der Waals surface area (Å²) in [4.78, 5) is 4.05. The van der Waals surface area contributed by atoms with Crippen LogP contribution in [-0.2, 0) is 6.42 Å². The minimum atomic E-state index is 0.211. The first kappa shape index (κ1) is 15.5. The summed E-state index contributed by atoms with van der Waals surface area (Å²) in [5.74, 6) is 0.928. The van der Waals surface area contributed by atoms with Gasteiger partial charge in [-0.1, -0.05) is 12.1 Å². The van der Waals surface area contributed by atoms with E-state index in [0.717, 1.165) is 18.6 Å². The van der Waals surface area contributed by atoms with Gasteiger partial charge in [-0.2, -0.15) is 0 Å². The van der Waals surface area contributed by atoms with Crippen molar-refractivity contribution in [2.45, 2.75) is 38.8 Å². The number of hydrogen-bond acceptors (Lipinski definition) is 3. The minimum Gasteiger partial charge on any atom is -0.491 e. The van der Waals surface area contributed by atoms with Gasteiger partial charge in [-0.15, -0.1) is 0 Å². The highest BCUT2D eigenvalue weighted by molar-refractivity contribution is 5.29. The zero-order chi connectivity index (χ0) is 15.1. The maximum Gasteiger partial charge on any atom is 0.119 e. The summed E-state index contributed by atoms with van der Waals surface area (Å²) in [6.45, 7) is 4.08. The quantitative estimate of drug-likeness (QED) is 0.840. The van der Waals surface area contributed by atoms with Crippen LogP contribution in [0.15, 0.2) is 48.8 Å². The molecular weight excluding hydrogens is 260 g/mol. The van der Waals surface area contributed by atoms with Crippen LogP contribution in [0.2, 0.25) is 0 Å². The van der Waals surface area contributed by atoms with Gasteiger partial charge in [0.1, 0.15) is 5.75 Å². The van der Waals surface area contributed by atoms with E-state index in [0.29, 0.717) is 6.04 Å². The van der Waals surface area contributed by atoms with Crippen LogP contribution < -0.4 is 10.1 Å². The van der Waals surface area contributed by atoms with Gasteiger partial charge in [0, 0.05) is 18.4 Å². The molecule has 0 spiro atoms. The summed E-state index contributed by atoms with van der Waals surface area (Å²) < 4.78 is 5.68. The van der Waals surface area contributed by atoms with E-state index in [4.69, 9.17) is 4.74 Å². The molecule has 0 bridgehead atoms. The van der Waals surface area contributed by atoms with Crippen LogP contribution in [-0.4, -0.2) is 18.1 Å². The first-order valence-corrected chi connectivity index (χ1v) is 7.52. The Morgan fingerprint density at radius 2 is 1.71 bits per heavy atom. The van der Waals surface area contributed by atoms with Crippen molar-refractivity contribution in [1.29, 1.82) is 0 Å². The van der Waals surface area contributed by atoms with E-state index < -0.39 is 0 Å². The molecule has 0 aliphatic rings. The highest BCUT2D eigenvalue weighted by atomic mass is 16.5. The number of pyridine rings is 1. The van der Waals surface area contributed by atoms with Crippen molar-refractivity contribution in [3.63, 3.8) is 0 Å². The lowest BCUT2D eigenvalue weighted by molar-refractivity contribution is 0.242. The van der Waals surface area contributed by atoms with Crippen molar-refractivity contribution in [2.75, 3.05) is 7.05 Å². The van der Waals surface area contributed by atoms with E-state index in [1.165, 1.54) is 11.1 Å². The first-order chi connectivity index (χ1) is 10.2. The standard InChI is InChI=1S/C18H24N2O/c1-14(2)21-17-7-5-16(6-8-17)18(19-3)9-4-15-10-12-20-13-11-15/h5-8,10-14,18-19H,4,9H2,1-3H3. The Hall–Kier alpha value is -1.87. The number of rotatable bonds is 7. The average molecular weight is 284 g/mol. The molecule has 1 atom stereocenters. The molecule has 0 saturated carbocycles. The van der Waals surface area contributed by atoms with Crippen LogP contribution in [0, 0.1) is 0 Å². The molecule has 0 radical (unpaired) electrons. The number of ether oxygens (including phenoxy) is 1. The minimum absolute atomic E-state index is 0.211. The number of hydrogen-bond donors (Lipinski definition) is 1. The van der Waals surface area contributed by atoms with Crippen LogP contribution in [0.5, 0.6) is 5.75 Å². The topological polar surface area (TPSA) is 34.2 Å². The molecule has 1 unspecified atom stereocenters. The van der Waals surface area contributed by atoms with Gasteiger partial charge in [-0.3, -0.25) is 4.98 Å². The van der Waals surface area contributed by atoms with Crippen LogP contribution in [0.25, 0.3) is 0 Å². The second kappa shape index (κ2) is 7.79. The molecule has 0 aliphatic heterocycles. The van der Waals surface area contributed by atoms with E-state index in [2.05, 4.69) is 34.6 Å². The van der Waals surface area contributed by atoms with E-state index in [1.54, 1.807) is 0 Å². The zero-order valence-corrected chi connectivity index (χ0v) is 13.0. The van der Waals surface area contributed by atoms with Gasteiger partial charge in [0.15, 0.2) is 0 Å². The summed E-state index contributed by atoms with van der Waals surface area (Å²) in [5.41, 5.74) is 2.62. The lowest BCUT2D eigenvalue weighted by Gasteiger charge is -2.17. The fraction of sp³-hybridized carbons (Fsp3) is 0.389. The summed E-state index contributed by atoms with van der Waals surface area (Å²) in [7, 11) is 2.01. The third-order valence-corrected chi connectivity index (χ3v) is 3.47. The van der Waals surface area contributed by atoms with Gasteiger partial charge < -0.3 is 10.1 Å². The molecule has 1 N–H and O–H groups in total. The molecule has 1 heterocycles. The molecule has 2 rings (SSSR count). The van der Waals surface area contributed by atoms with E-state index in [-0.39, 0.29) is 6.10 Å². The monoisotopic (exact) mass is 284 g/mol. The Labute approximate surface area is 127 Å². The van der Waals surface area contributed by atoms with Crippen LogP contribution in [0.4, 0.5) is 0 Å². The number of aryl methyl sites for hydroxylation is 1. The third kappa shape index (κ3) is 4.87. The van der Waals surface area contributed by atoms with E-state index in [1.807, 2.05) is 45.4 Å². The third-order valence-electron chi connectivity index (χ3n) is 3.47. The summed E-state index contributed by atoms with van der Waals surface area (Å²) in [5, 5.41) is 3.39. The molecule has 0 saturated heterocycles. The molecule has 0 amide bonds. The molecule has 112 valence electrons. The number of nitrogens with zero attached hydrogens (tertiary/aromatic N) is 1. The van der Waals surface area contributed by atoms with E-state index >= 15 is 0 Å². The predicted molar refractivity (Wildman–Crippen MR) is 86.6 cm³/mol. The van der Waals surface area contributed by atoms with E-state index in [9.17, 15) is 0 Å². The second-order valence-corrected chi connectivity index (χ2v) is 5.47. The summed E-state index contributed by atoms with van der Waals surface area (Å²) in [6.07, 6.45) is 6.01. The van der Waals surface area contributed by atoms with Crippen molar-refractivity contribution in [1.82, 2.24) is 10.3 Å². The van der Waals surface area contributed by atoms with Gasteiger partial charge in [-0.25, -0.2) is 0 Å². The van der Waals surface area contributed by atoms with Crippen molar-refractivity contribution in [2.24, 2.45) is 0 Å². The Kier molecular flexibility index (Phi) is 5.76. The normalized spacial score (nSPS) is 12.4. The van der Waals surface area contributed by atoms with Crippen molar-refractivity contribution in [3.8, 4) is 5.75 Å². The average Bonchev–Trinajstić information content (AvgIpc) is 2.50. The SMILES string of the molecule is CNC(CCc1ccncc1)c1ccc(OC(C)C)cc1. The highest BCUT2D eigenvalue weighted by Crippen LogP contribution is 2.22. The Balaban J connectivity index is 1.97. The molecule has 2 aromatic rings. The fourth-order valence-electron chi connectivity index (χ4n) is 2.39. The van der Waals surface area contributed by atoms with Crippen molar-refractivity contribution in [3.05, 3.63) is 59.9 Å². The Morgan fingerprint density at radius 1 is 1.05 bits per heavy atom. The molecule has 0 fully saturated rings. The number of benzene rings is 1. The molecule has 1 aromatic heterocycles. The van der Waals surface area contributed by atoms with Gasteiger partial charge in [-0.05, 0) is 69.1 Å². The smallest absolute Gasteiger partial charge is 0.119 e. The predicted octanol–water partition coefficient (Wildman–Crippen LogP) is 3.76. The molecule has 3 nitrogen and oxygen atoms in total. The van der Waals surface area contributed by atoms with Gasteiger partial charge >= 0.3 is 0 Å².